The molecule has 7 heteroatoms. The average Bonchev–Trinajstić information content (AvgIpc) is 2.62. The zero-order valence-corrected chi connectivity index (χ0v) is 20.2. The standard InChI is InChI=1S/C20H36N4O2.HI/c1-8-21-20(22-11-12-24(15(2)3)16(4)5)23-14-17-9-10-18(25-6)13-19(17)26-7;/h9-10,13,15-16H,8,11-12,14H2,1-7H3,(H2,21,22,23);1H. The number of aliphatic imine (C=N–C) groups is 1. The summed E-state index contributed by atoms with van der Waals surface area (Å²) in [5.41, 5.74) is 1.02. The van der Waals surface area contributed by atoms with E-state index in [1.807, 2.05) is 18.2 Å². The normalized spacial score (nSPS) is 11.6. The van der Waals surface area contributed by atoms with E-state index in [1.165, 1.54) is 0 Å². The lowest BCUT2D eigenvalue weighted by molar-refractivity contribution is 0.178. The van der Waals surface area contributed by atoms with Gasteiger partial charge in [0.1, 0.15) is 11.5 Å². The van der Waals surface area contributed by atoms with Gasteiger partial charge in [-0.15, -0.1) is 24.0 Å². The first-order valence-corrected chi connectivity index (χ1v) is 9.41. The maximum absolute atomic E-state index is 5.45. The Kier molecular flexibility index (Phi) is 13.2. The Labute approximate surface area is 182 Å². The van der Waals surface area contributed by atoms with Gasteiger partial charge >= 0.3 is 0 Å². The molecule has 0 spiro atoms. The van der Waals surface area contributed by atoms with Gasteiger partial charge in [-0.05, 0) is 46.8 Å². The molecule has 0 saturated carbocycles. The van der Waals surface area contributed by atoms with E-state index in [0.29, 0.717) is 18.6 Å². The van der Waals surface area contributed by atoms with Crippen molar-refractivity contribution in [3.63, 3.8) is 0 Å². The van der Waals surface area contributed by atoms with Gasteiger partial charge in [0, 0.05) is 43.3 Å². The van der Waals surface area contributed by atoms with Crippen molar-refractivity contribution in [3.8, 4) is 11.5 Å². The highest BCUT2D eigenvalue weighted by molar-refractivity contribution is 14.0. The van der Waals surface area contributed by atoms with E-state index in [1.54, 1.807) is 14.2 Å². The topological polar surface area (TPSA) is 58.1 Å². The van der Waals surface area contributed by atoms with Gasteiger partial charge in [0.15, 0.2) is 5.96 Å². The van der Waals surface area contributed by atoms with Crippen LogP contribution in [0.4, 0.5) is 0 Å². The molecular formula is C20H37IN4O2. The molecule has 1 aromatic rings. The largest absolute Gasteiger partial charge is 0.497 e. The van der Waals surface area contributed by atoms with Crippen molar-refractivity contribution >= 4 is 29.9 Å². The molecule has 0 bridgehead atoms. The summed E-state index contributed by atoms with van der Waals surface area (Å²) in [5, 5.41) is 6.72. The highest BCUT2D eigenvalue weighted by Gasteiger charge is 2.12. The predicted molar refractivity (Wildman–Crippen MR) is 125 cm³/mol. The van der Waals surface area contributed by atoms with E-state index in [4.69, 9.17) is 9.47 Å². The van der Waals surface area contributed by atoms with Crippen molar-refractivity contribution in [3.05, 3.63) is 23.8 Å². The Morgan fingerprint density at radius 2 is 1.74 bits per heavy atom. The molecule has 0 aliphatic heterocycles. The molecule has 0 unspecified atom stereocenters. The van der Waals surface area contributed by atoms with Crippen molar-refractivity contribution in [1.29, 1.82) is 0 Å². The predicted octanol–water partition coefficient (Wildman–Crippen LogP) is 3.50. The van der Waals surface area contributed by atoms with Gasteiger partial charge in [0.2, 0.25) is 0 Å². The fourth-order valence-corrected chi connectivity index (χ4v) is 2.90. The molecule has 0 heterocycles. The first-order valence-electron chi connectivity index (χ1n) is 9.41. The van der Waals surface area contributed by atoms with Crippen LogP contribution in [-0.2, 0) is 6.54 Å². The highest BCUT2D eigenvalue weighted by Crippen LogP contribution is 2.25. The van der Waals surface area contributed by atoms with Gasteiger partial charge in [-0.25, -0.2) is 4.99 Å². The lowest BCUT2D eigenvalue weighted by atomic mass is 10.2. The summed E-state index contributed by atoms with van der Waals surface area (Å²) in [6.45, 7) is 14.2. The van der Waals surface area contributed by atoms with Crippen LogP contribution in [0.25, 0.3) is 0 Å². The number of nitrogens with zero attached hydrogens (tertiary/aromatic N) is 2. The summed E-state index contributed by atoms with van der Waals surface area (Å²) in [7, 11) is 3.31. The average molecular weight is 492 g/mol. The molecule has 0 aromatic heterocycles. The number of methoxy groups -OCH3 is 2. The van der Waals surface area contributed by atoms with E-state index in [0.717, 1.165) is 42.7 Å². The fraction of sp³-hybridized carbons (Fsp3) is 0.650. The summed E-state index contributed by atoms with van der Waals surface area (Å²) in [6, 6.07) is 6.86. The third-order valence-electron chi connectivity index (χ3n) is 4.24. The maximum atomic E-state index is 5.45. The van der Waals surface area contributed by atoms with Gasteiger partial charge in [-0.3, -0.25) is 4.90 Å². The Balaban J connectivity index is 0.00000676. The first kappa shape index (κ1) is 25.8. The smallest absolute Gasteiger partial charge is 0.191 e. The van der Waals surface area contributed by atoms with E-state index in [-0.39, 0.29) is 24.0 Å². The van der Waals surface area contributed by atoms with Crippen LogP contribution in [0.2, 0.25) is 0 Å². The summed E-state index contributed by atoms with van der Waals surface area (Å²) in [4.78, 5) is 7.15. The van der Waals surface area contributed by atoms with Crippen LogP contribution in [-0.4, -0.2) is 56.8 Å². The van der Waals surface area contributed by atoms with Crippen LogP contribution < -0.4 is 20.1 Å². The molecule has 0 fully saturated rings. The van der Waals surface area contributed by atoms with Gasteiger partial charge in [-0.2, -0.15) is 0 Å². The van der Waals surface area contributed by atoms with Gasteiger partial charge in [-0.1, -0.05) is 0 Å². The number of guanidine groups is 1. The monoisotopic (exact) mass is 492 g/mol. The molecule has 0 saturated heterocycles. The van der Waals surface area contributed by atoms with E-state index >= 15 is 0 Å². The van der Waals surface area contributed by atoms with E-state index in [2.05, 4.69) is 55.1 Å². The molecule has 0 aliphatic carbocycles. The van der Waals surface area contributed by atoms with E-state index < -0.39 is 0 Å². The van der Waals surface area contributed by atoms with Crippen LogP contribution in [0.5, 0.6) is 11.5 Å². The third kappa shape index (κ3) is 9.01. The third-order valence-corrected chi connectivity index (χ3v) is 4.24. The van der Waals surface area contributed by atoms with Crippen LogP contribution >= 0.6 is 24.0 Å². The van der Waals surface area contributed by atoms with E-state index in [9.17, 15) is 0 Å². The highest BCUT2D eigenvalue weighted by atomic mass is 127. The number of nitrogens with one attached hydrogen (secondary N) is 2. The second-order valence-electron chi connectivity index (χ2n) is 6.73. The Morgan fingerprint density at radius 3 is 2.26 bits per heavy atom. The van der Waals surface area contributed by atoms with Crippen LogP contribution in [0.3, 0.4) is 0 Å². The number of hydrogen-bond acceptors (Lipinski definition) is 4. The Morgan fingerprint density at radius 1 is 1.07 bits per heavy atom. The lowest BCUT2D eigenvalue weighted by Gasteiger charge is -2.30. The Hall–Kier alpha value is -1.22. The SMILES string of the molecule is CCNC(=NCc1ccc(OC)cc1OC)NCCN(C(C)C)C(C)C.I. The molecular weight excluding hydrogens is 455 g/mol. The number of hydrogen-bond donors (Lipinski definition) is 2. The Bertz CT molecular complexity index is 557. The summed E-state index contributed by atoms with van der Waals surface area (Å²) < 4.78 is 10.7. The molecule has 2 N–H and O–H groups in total. The molecule has 0 amide bonds. The minimum Gasteiger partial charge on any atom is -0.497 e. The number of benzene rings is 1. The fourth-order valence-electron chi connectivity index (χ4n) is 2.90. The summed E-state index contributed by atoms with van der Waals surface area (Å²) in [5.74, 6) is 2.38. The zero-order chi connectivity index (χ0) is 19.5. The second-order valence-corrected chi connectivity index (χ2v) is 6.73. The number of rotatable bonds is 10. The van der Waals surface area contributed by atoms with Crippen molar-refractivity contribution in [1.82, 2.24) is 15.5 Å². The molecule has 156 valence electrons. The van der Waals surface area contributed by atoms with Gasteiger partial charge in [0.25, 0.3) is 0 Å². The van der Waals surface area contributed by atoms with Crippen molar-refractivity contribution in [2.45, 2.75) is 53.2 Å². The zero-order valence-electron chi connectivity index (χ0n) is 17.8. The number of ether oxygens (including phenoxy) is 2. The number of halogens is 1. The minimum atomic E-state index is 0. The molecule has 6 nitrogen and oxygen atoms in total. The lowest BCUT2D eigenvalue weighted by Crippen LogP contribution is -2.45. The molecule has 0 aliphatic rings. The molecule has 0 radical (unpaired) electrons. The van der Waals surface area contributed by atoms with Gasteiger partial charge in [0.05, 0.1) is 20.8 Å². The molecule has 1 rings (SSSR count). The summed E-state index contributed by atoms with van der Waals surface area (Å²) in [6.07, 6.45) is 0. The van der Waals surface area contributed by atoms with Gasteiger partial charge < -0.3 is 20.1 Å². The van der Waals surface area contributed by atoms with Crippen molar-refractivity contribution in [2.24, 2.45) is 4.99 Å². The summed E-state index contributed by atoms with van der Waals surface area (Å²) >= 11 is 0. The maximum Gasteiger partial charge on any atom is 0.191 e. The second kappa shape index (κ2) is 13.9. The van der Waals surface area contributed by atoms with Crippen LogP contribution in [0.1, 0.15) is 40.2 Å². The van der Waals surface area contributed by atoms with Crippen LogP contribution in [0, 0.1) is 0 Å². The minimum absolute atomic E-state index is 0. The quantitative estimate of drug-likeness (QED) is 0.298. The van der Waals surface area contributed by atoms with Crippen molar-refractivity contribution < 1.29 is 9.47 Å². The molecule has 1 aromatic carbocycles. The first-order chi connectivity index (χ1) is 12.4. The van der Waals surface area contributed by atoms with Crippen molar-refractivity contribution in [2.75, 3.05) is 33.9 Å². The molecule has 0 atom stereocenters. The van der Waals surface area contributed by atoms with Crippen LogP contribution in [0.15, 0.2) is 23.2 Å². The molecule has 27 heavy (non-hydrogen) atoms.